The monoisotopic (exact) mass is 228 g/mol. The van der Waals surface area contributed by atoms with E-state index in [0.29, 0.717) is 12.5 Å². The second-order valence-electron chi connectivity index (χ2n) is 4.23. The number of hydrogen-bond donors (Lipinski definition) is 2. The van der Waals surface area contributed by atoms with Crippen LogP contribution in [0.2, 0.25) is 0 Å². The van der Waals surface area contributed by atoms with E-state index in [4.69, 9.17) is 4.74 Å². The van der Waals surface area contributed by atoms with E-state index in [-0.39, 0.29) is 5.91 Å². The van der Waals surface area contributed by atoms with Crippen molar-refractivity contribution in [3.8, 4) is 0 Å². The highest BCUT2D eigenvalue weighted by Gasteiger charge is 2.12. The Hall–Kier alpha value is -0.610. The standard InChI is InChI=1S/C12H24N2O2/c1-2-14-12(15)7-9-13-8-6-11-5-3-4-10-16-11/h11,13H,2-10H2,1H3,(H,14,15). The average Bonchev–Trinajstić information content (AvgIpc) is 2.30. The third-order valence-electron chi connectivity index (χ3n) is 2.82. The molecule has 1 heterocycles. The highest BCUT2D eigenvalue weighted by molar-refractivity contribution is 5.75. The Morgan fingerprint density at radius 2 is 2.25 bits per heavy atom. The molecule has 0 aromatic carbocycles. The molecule has 0 spiro atoms. The summed E-state index contributed by atoms with van der Waals surface area (Å²) in [6.07, 6.45) is 5.77. The van der Waals surface area contributed by atoms with Gasteiger partial charge in [-0.3, -0.25) is 4.79 Å². The zero-order chi connectivity index (χ0) is 11.6. The molecule has 0 aromatic heterocycles. The van der Waals surface area contributed by atoms with Gasteiger partial charge in [0.25, 0.3) is 0 Å². The van der Waals surface area contributed by atoms with Crippen LogP contribution in [0, 0.1) is 0 Å². The van der Waals surface area contributed by atoms with E-state index in [9.17, 15) is 4.79 Å². The highest BCUT2D eigenvalue weighted by atomic mass is 16.5. The fourth-order valence-corrected chi connectivity index (χ4v) is 1.91. The molecule has 1 fully saturated rings. The lowest BCUT2D eigenvalue weighted by Crippen LogP contribution is -2.29. The van der Waals surface area contributed by atoms with Gasteiger partial charge in [-0.15, -0.1) is 0 Å². The smallest absolute Gasteiger partial charge is 0.221 e. The van der Waals surface area contributed by atoms with Crippen LogP contribution in [-0.2, 0) is 9.53 Å². The van der Waals surface area contributed by atoms with Gasteiger partial charge in [-0.25, -0.2) is 0 Å². The molecule has 1 unspecified atom stereocenters. The third-order valence-corrected chi connectivity index (χ3v) is 2.82. The minimum absolute atomic E-state index is 0.129. The number of ether oxygens (including phenoxy) is 1. The van der Waals surface area contributed by atoms with Crippen LogP contribution in [0.4, 0.5) is 0 Å². The SMILES string of the molecule is CCNC(=O)CCNCCC1CCCCO1. The Balaban J connectivity index is 1.89. The topological polar surface area (TPSA) is 50.4 Å². The molecular weight excluding hydrogens is 204 g/mol. The van der Waals surface area contributed by atoms with E-state index in [1.165, 1.54) is 19.3 Å². The molecule has 94 valence electrons. The number of carbonyl (C=O) groups excluding carboxylic acids is 1. The Morgan fingerprint density at radius 3 is 2.94 bits per heavy atom. The van der Waals surface area contributed by atoms with Crippen LogP contribution in [0.25, 0.3) is 0 Å². The number of nitrogens with one attached hydrogen (secondary N) is 2. The van der Waals surface area contributed by atoms with Crippen molar-refractivity contribution in [3.63, 3.8) is 0 Å². The van der Waals surface area contributed by atoms with Crippen LogP contribution < -0.4 is 10.6 Å². The minimum atomic E-state index is 0.129. The van der Waals surface area contributed by atoms with Gasteiger partial charge in [-0.1, -0.05) is 0 Å². The van der Waals surface area contributed by atoms with Gasteiger partial charge in [0.15, 0.2) is 0 Å². The van der Waals surface area contributed by atoms with E-state index in [0.717, 1.165) is 32.7 Å². The van der Waals surface area contributed by atoms with Crippen molar-refractivity contribution in [2.45, 2.75) is 45.1 Å². The first-order chi connectivity index (χ1) is 7.83. The molecule has 1 amide bonds. The predicted molar refractivity (Wildman–Crippen MR) is 64.4 cm³/mol. The lowest BCUT2D eigenvalue weighted by atomic mass is 10.1. The van der Waals surface area contributed by atoms with Gasteiger partial charge >= 0.3 is 0 Å². The first-order valence-electron chi connectivity index (χ1n) is 6.42. The van der Waals surface area contributed by atoms with Crippen LogP contribution >= 0.6 is 0 Å². The van der Waals surface area contributed by atoms with Crippen molar-refractivity contribution >= 4 is 5.91 Å². The largest absolute Gasteiger partial charge is 0.378 e. The number of rotatable bonds is 7. The molecule has 4 nitrogen and oxygen atoms in total. The average molecular weight is 228 g/mol. The number of hydrogen-bond acceptors (Lipinski definition) is 3. The summed E-state index contributed by atoms with van der Waals surface area (Å²) in [5, 5.41) is 6.06. The quantitative estimate of drug-likeness (QED) is 0.641. The molecule has 0 radical (unpaired) electrons. The van der Waals surface area contributed by atoms with E-state index in [2.05, 4.69) is 10.6 Å². The first-order valence-corrected chi connectivity index (χ1v) is 6.42. The zero-order valence-corrected chi connectivity index (χ0v) is 10.3. The van der Waals surface area contributed by atoms with Crippen molar-refractivity contribution < 1.29 is 9.53 Å². The summed E-state index contributed by atoms with van der Waals surface area (Å²) in [6.45, 7) is 5.28. The fraction of sp³-hybridized carbons (Fsp3) is 0.917. The maximum Gasteiger partial charge on any atom is 0.221 e. The van der Waals surface area contributed by atoms with Crippen molar-refractivity contribution in [3.05, 3.63) is 0 Å². The molecule has 2 N–H and O–H groups in total. The third kappa shape index (κ3) is 6.08. The van der Waals surface area contributed by atoms with Gasteiger partial charge in [0.2, 0.25) is 5.91 Å². The van der Waals surface area contributed by atoms with Crippen LogP contribution in [0.1, 0.15) is 39.0 Å². The summed E-state index contributed by atoms with van der Waals surface area (Å²) in [5.41, 5.74) is 0. The minimum Gasteiger partial charge on any atom is -0.378 e. The molecular formula is C12H24N2O2. The van der Waals surface area contributed by atoms with Gasteiger partial charge in [0.05, 0.1) is 6.10 Å². The van der Waals surface area contributed by atoms with Gasteiger partial charge in [-0.2, -0.15) is 0 Å². The summed E-state index contributed by atoms with van der Waals surface area (Å²) in [5.74, 6) is 0.129. The molecule has 1 saturated heterocycles. The van der Waals surface area contributed by atoms with Crippen LogP contribution in [-0.4, -0.2) is 38.3 Å². The van der Waals surface area contributed by atoms with E-state index in [1.54, 1.807) is 0 Å². The summed E-state index contributed by atoms with van der Waals surface area (Å²) in [7, 11) is 0. The first kappa shape index (κ1) is 13.5. The molecule has 0 aliphatic carbocycles. The Bertz CT molecular complexity index is 191. The summed E-state index contributed by atoms with van der Waals surface area (Å²) in [6, 6.07) is 0. The van der Waals surface area contributed by atoms with E-state index in [1.807, 2.05) is 6.92 Å². The molecule has 1 aliphatic rings. The maximum absolute atomic E-state index is 11.1. The molecule has 1 atom stereocenters. The molecule has 0 aromatic rings. The predicted octanol–water partition coefficient (Wildman–Crippen LogP) is 1.06. The summed E-state index contributed by atoms with van der Waals surface area (Å²) >= 11 is 0. The van der Waals surface area contributed by atoms with Crippen molar-refractivity contribution in [1.29, 1.82) is 0 Å². The summed E-state index contributed by atoms with van der Waals surface area (Å²) in [4.78, 5) is 11.1. The lowest BCUT2D eigenvalue weighted by Gasteiger charge is -2.22. The molecule has 0 saturated carbocycles. The van der Waals surface area contributed by atoms with Gasteiger partial charge in [0.1, 0.15) is 0 Å². The fourth-order valence-electron chi connectivity index (χ4n) is 1.91. The second kappa shape index (κ2) is 8.53. The normalized spacial score (nSPS) is 20.7. The van der Waals surface area contributed by atoms with Crippen molar-refractivity contribution in [1.82, 2.24) is 10.6 Å². The Morgan fingerprint density at radius 1 is 1.38 bits per heavy atom. The maximum atomic E-state index is 11.1. The van der Waals surface area contributed by atoms with Crippen LogP contribution in [0.5, 0.6) is 0 Å². The van der Waals surface area contributed by atoms with Gasteiger partial charge in [-0.05, 0) is 39.2 Å². The van der Waals surface area contributed by atoms with E-state index >= 15 is 0 Å². The van der Waals surface area contributed by atoms with Crippen LogP contribution in [0.15, 0.2) is 0 Å². The van der Waals surface area contributed by atoms with Crippen molar-refractivity contribution in [2.75, 3.05) is 26.2 Å². The summed E-state index contributed by atoms with van der Waals surface area (Å²) < 4.78 is 5.62. The van der Waals surface area contributed by atoms with Crippen molar-refractivity contribution in [2.24, 2.45) is 0 Å². The second-order valence-corrected chi connectivity index (χ2v) is 4.23. The van der Waals surface area contributed by atoms with Crippen LogP contribution in [0.3, 0.4) is 0 Å². The number of amides is 1. The molecule has 1 rings (SSSR count). The van der Waals surface area contributed by atoms with Gasteiger partial charge in [0, 0.05) is 26.1 Å². The molecule has 1 aliphatic heterocycles. The highest BCUT2D eigenvalue weighted by Crippen LogP contribution is 2.14. The zero-order valence-electron chi connectivity index (χ0n) is 10.3. The van der Waals surface area contributed by atoms with Gasteiger partial charge < -0.3 is 15.4 Å². The molecule has 16 heavy (non-hydrogen) atoms. The Labute approximate surface area is 98.1 Å². The molecule has 0 bridgehead atoms. The van der Waals surface area contributed by atoms with E-state index < -0.39 is 0 Å². The number of carbonyl (C=O) groups is 1. The lowest BCUT2D eigenvalue weighted by molar-refractivity contribution is -0.120. The Kier molecular flexibility index (Phi) is 7.17. The molecule has 4 heteroatoms.